The second kappa shape index (κ2) is 36.5. The van der Waals surface area contributed by atoms with Crippen molar-refractivity contribution in [2.75, 3.05) is 37.8 Å². The number of nitrogens with two attached hydrogens (primary N) is 1. The van der Waals surface area contributed by atoms with Crippen LogP contribution in [0.2, 0.25) is 0 Å². The first-order valence-electron chi connectivity index (χ1n) is 21.8. The van der Waals surface area contributed by atoms with Gasteiger partial charge in [0.05, 0.1) is 27.4 Å². The minimum Gasteiger partial charge on any atom is -0.790 e. The van der Waals surface area contributed by atoms with Crippen molar-refractivity contribution in [2.45, 2.75) is 135 Å². The molecule has 1 fully saturated rings. The van der Waals surface area contributed by atoms with Crippen LogP contribution in [0.1, 0.15) is 110 Å². The Morgan fingerprint density at radius 2 is 1.51 bits per heavy atom. The van der Waals surface area contributed by atoms with Crippen molar-refractivity contribution in [1.29, 1.82) is 0 Å². The molecule has 24 nitrogen and oxygen atoms in total. The van der Waals surface area contributed by atoms with E-state index in [-0.39, 0.29) is 117 Å². The Labute approximate surface area is 466 Å². The van der Waals surface area contributed by atoms with Crippen LogP contribution in [0.25, 0.3) is 11.2 Å². The zero-order valence-electron chi connectivity index (χ0n) is 41.7. The van der Waals surface area contributed by atoms with Gasteiger partial charge in [-0.2, -0.15) is 0 Å². The second-order valence-electron chi connectivity index (χ2n) is 16.2. The van der Waals surface area contributed by atoms with Crippen molar-refractivity contribution >= 4 is 69.1 Å². The minimum atomic E-state index is -5.92. The van der Waals surface area contributed by atoms with Crippen LogP contribution >= 0.6 is 35.2 Å². The SMILES string of the molecule is CCCCCC=CCC=CCCCCCCCC(=O)SCCNC(=O)CCNC(=O)C(O)C(C)(C)COP(=O)([O-])OP(=O)([O-])OCC1OC(n2cnc3c(N)ncnc32)C(O)C1OP(=O)([O-])[O-].[Li+].[Li+].[Li+].[Li+]. The predicted molar refractivity (Wildman–Crippen MR) is 238 cm³/mol. The largest absolute Gasteiger partial charge is 1.00 e. The molecule has 0 saturated carbocycles. The number of thioether (sulfide) groups is 1. The molecule has 380 valence electrons. The van der Waals surface area contributed by atoms with Crippen LogP contribution in [0.15, 0.2) is 37.0 Å². The summed E-state index contributed by atoms with van der Waals surface area (Å²) in [5, 5.41) is 26.5. The molecular formula is C39H62Li4N7O17P3S. The van der Waals surface area contributed by atoms with E-state index in [0.717, 1.165) is 80.4 Å². The summed E-state index contributed by atoms with van der Waals surface area (Å²) in [4.78, 5) is 96.8. The number of aromatic nitrogens is 4. The van der Waals surface area contributed by atoms with Gasteiger partial charge in [-0.05, 0) is 38.5 Å². The summed E-state index contributed by atoms with van der Waals surface area (Å²) < 4.78 is 60.8. The first-order valence-corrected chi connectivity index (χ1v) is 27.2. The molecule has 7 unspecified atom stereocenters. The maximum Gasteiger partial charge on any atom is 1.00 e. The van der Waals surface area contributed by atoms with Gasteiger partial charge in [-0.3, -0.25) is 28.1 Å². The topological polar surface area (TPSA) is 375 Å². The number of phosphoric ester groups is 3. The summed E-state index contributed by atoms with van der Waals surface area (Å²) in [6, 6.07) is 0. The Balaban J connectivity index is 0. The molecule has 3 rings (SSSR count). The second-order valence-corrected chi connectivity index (χ2v) is 21.4. The smallest absolute Gasteiger partial charge is 0.790 e. The zero-order valence-corrected chi connectivity index (χ0v) is 45.2. The molecule has 2 amide bonds. The molecule has 6 N–H and O–H groups in total. The van der Waals surface area contributed by atoms with Gasteiger partial charge >= 0.3 is 75.4 Å². The summed E-state index contributed by atoms with van der Waals surface area (Å²) in [7, 11) is -17.6. The van der Waals surface area contributed by atoms with Crippen LogP contribution in [0.4, 0.5) is 5.82 Å². The number of hydrogen-bond acceptors (Lipinski definition) is 22. The first kappa shape index (κ1) is 72.5. The molecule has 3 heterocycles. The summed E-state index contributed by atoms with van der Waals surface area (Å²) in [6.07, 6.45) is 13.8. The fraction of sp³-hybridized carbons (Fsp3) is 0.692. The van der Waals surface area contributed by atoms with Gasteiger partial charge in [-0.1, -0.05) is 88.9 Å². The number of allylic oxidation sites excluding steroid dienone is 4. The molecule has 1 aliphatic rings. The summed E-state index contributed by atoms with van der Waals surface area (Å²) in [5.41, 5.74) is 4.09. The Kier molecular flexibility index (Phi) is 37.2. The number of nitrogens with one attached hydrogen (secondary N) is 2. The minimum absolute atomic E-state index is 0. The summed E-state index contributed by atoms with van der Waals surface area (Å²) >= 11 is 1.13. The Hall–Kier alpha value is -0.570. The van der Waals surface area contributed by atoms with E-state index in [9.17, 15) is 57.9 Å². The summed E-state index contributed by atoms with van der Waals surface area (Å²) in [6.45, 7) is 2.36. The number of amides is 2. The van der Waals surface area contributed by atoms with Crippen LogP contribution in [-0.2, 0) is 50.7 Å². The number of imidazole rings is 1. The molecule has 0 bridgehead atoms. The Morgan fingerprint density at radius 1 is 0.887 bits per heavy atom. The van der Waals surface area contributed by atoms with Crippen molar-refractivity contribution in [3.63, 3.8) is 0 Å². The fourth-order valence-corrected chi connectivity index (χ4v) is 9.88. The third-order valence-corrected chi connectivity index (χ3v) is 14.0. The third-order valence-electron chi connectivity index (χ3n) is 10.1. The van der Waals surface area contributed by atoms with Crippen molar-refractivity contribution in [3.05, 3.63) is 37.0 Å². The third kappa shape index (κ3) is 27.9. The maximum atomic E-state index is 12.6. The number of unbranched alkanes of at least 4 members (excludes halogenated alkanes) is 8. The number of ether oxygens (including phenoxy) is 1. The molecule has 0 aromatic carbocycles. The van der Waals surface area contributed by atoms with Gasteiger partial charge in [0, 0.05) is 37.1 Å². The number of carbonyl (C=O) groups excluding carboxylic acids is 3. The number of rotatable bonds is 33. The molecule has 0 spiro atoms. The van der Waals surface area contributed by atoms with Crippen LogP contribution in [0.5, 0.6) is 0 Å². The molecule has 7 atom stereocenters. The van der Waals surface area contributed by atoms with E-state index in [0.29, 0.717) is 12.2 Å². The average Bonchev–Trinajstić information content (AvgIpc) is 3.81. The molecule has 32 heteroatoms. The fourth-order valence-electron chi connectivity index (χ4n) is 6.43. The van der Waals surface area contributed by atoms with Gasteiger partial charge < -0.3 is 69.0 Å². The van der Waals surface area contributed by atoms with Crippen molar-refractivity contribution in [2.24, 2.45) is 5.41 Å². The first-order chi connectivity index (χ1) is 31.6. The van der Waals surface area contributed by atoms with Crippen LogP contribution in [-0.4, -0.2) is 103 Å². The van der Waals surface area contributed by atoms with E-state index < -0.39 is 84.6 Å². The number of hydrogen-bond donors (Lipinski definition) is 5. The molecule has 71 heavy (non-hydrogen) atoms. The van der Waals surface area contributed by atoms with Gasteiger partial charge in [0.2, 0.25) is 11.8 Å². The van der Waals surface area contributed by atoms with E-state index in [1.807, 2.05) is 0 Å². The monoisotopic (exact) mass is 1050 g/mol. The molecule has 0 radical (unpaired) electrons. The standard InChI is InChI=1S/C39H66N7O17P3S.4Li/c1-4-5-6-7-8-9-10-11-12-13-14-15-16-17-18-19-30(48)67-23-22-41-29(47)20-21-42-37(51)34(50)39(2,3)25-60-66(57,58)63-65(55,56)59-24-28-33(62-64(52,53)54)32(49)38(61-28)46-27-45-31-35(40)43-26-44-36(31)46;;;;/h8-9,11-12,26-28,32-34,38,49-50H,4-7,10,13-25H2,1-3H3,(H,41,47)(H,42,51)(H,55,56)(H,57,58)(H2,40,43,44)(H2,52,53,54);;;;/q;4*+1/p-4. The van der Waals surface area contributed by atoms with Crippen molar-refractivity contribution in [1.82, 2.24) is 30.2 Å². The number of aliphatic hydroxyl groups excluding tert-OH is 2. The molecule has 2 aromatic rings. The molecule has 1 aliphatic heterocycles. The summed E-state index contributed by atoms with van der Waals surface area (Å²) in [5.74, 6) is -1.15. The molecule has 0 aliphatic carbocycles. The van der Waals surface area contributed by atoms with Crippen LogP contribution < -0.4 is 111 Å². The number of fused-ring (bicyclic) bond motifs is 1. The van der Waals surface area contributed by atoms with E-state index in [4.69, 9.17) is 10.5 Å². The number of phosphoric acid groups is 3. The average molecular weight is 1050 g/mol. The quantitative estimate of drug-likeness (QED) is 0.0192. The Morgan fingerprint density at radius 3 is 2.15 bits per heavy atom. The molecular weight excluding hydrogens is 991 g/mol. The number of nitrogen functional groups attached to an aromatic ring is 1. The number of nitrogens with zero attached hydrogens (tertiary/aromatic N) is 4. The van der Waals surface area contributed by atoms with Gasteiger partial charge in [-0.25, -0.2) is 19.3 Å². The zero-order chi connectivity index (χ0) is 49.7. The van der Waals surface area contributed by atoms with Crippen molar-refractivity contribution in [3.8, 4) is 0 Å². The molecule has 1 saturated heterocycles. The number of anilines is 1. The normalized spacial score (nSPS) is 19.2. The van der Waals surface area contributed by atoms with E-state index in [1.165, 1.54) is 33.1 Å². The van der Waals surface area contributed by atoms with Gasteiger partial charge in [0.25, 0.3) is 15.6 Å². The van der Waals surface area contributed by atoms with Gasteiger partial charge in [0.1, 0.15) is 36.3 Å². The van der Waals surface area contributed by atoms with Crippen LogP contribution in [0.3, 0.4) is 0 Å². The van der Waals surface area contributed by atoms with E-state index in [2.05, 4.69) is 74.7 Å². The molecule has 2 aromatic heterocycles. The predicted octanol–water partition coefficient (Wildman–Crippen LogP) is -10.0. The maximum absolute atomic E-state index is 12.6. The number of aliphatic hydroxyl groups is 2. The van der Waals surface area contributed by atoms with E-state index in [1.54, 1.807) is 0 Å². The number of carbonyl (C=O) groups is 3. The van der Waals surface area contributed by atoms with Gasteiger partial charge in [-0.15, -0.1) is 0 Å². The Bertz CT molecular complexity index is 2110. The van der Waals surface area contributed by atoms with Gasteiger partial charge in [0.15, 0.2) is 22.8 Å². The van der Waals surface area contributed by atoms with Crippen LogP contribution in [0, 0.1) is 5.41 Å². The van der Waals surface area contributed by atoms with Crippen molar-refractivity contribution < 1.29 is 156 Å². The van der Waals surface area contributed by atoms with E-state index >= 15 is 0 Å².